The van der Waals surface area contributed by atoms with E-state index in [1.807, 2.05) is 6.92 Å². The number of hydrogen-bond donors (Lipinski definition) is 1. The molecule has 0 aromatic heterocycles. The Morgan fingerprint density at radius 2 is 2.22 bits per heavy atom. The largest absolute Gasteiger partial charge is 0.326 e. The van der Waals surface area contributed by atoms with Crippen molar-refractivity contribution < 1.29 is 8.42 Å². The monoisotopic (exact) mass is 149 g/mol. The van der Waals surface area contributed by atoms with Crippen molar-refractivity contribution in [2.24, 2.45) is 5.73 Å². The average molecular weight is 149 g/mol. The Kier molecular flexibility index (Phi) is 1.52. The first kappa shape index (κ1) is 7.02. The van der Waals surface area contributed by atoms with Crippen molar-refractivity contribution in [1.29, 1.82) is 0 Å². The fraction of sp³-hybridized carbons (Fsp3) is 1.00. The van der Waals surface area contributed by atoms with Crippen molar-refractivity contribution in [2.75, 3.05) is 5.75 Å². The van der Waals surface area contributed by atoms with Crippen LogP contribution in [-0.4, -0.2) is 25.5 Å². The third-order valence-electron chi connectivity index (χ3n) is 1.77. The van der Waals surface area contributed by atoms with E-state index in [9.17, 15) is 8.42 Å². The summed E-state index contributed by atoms with van der Waals surface area (Å²) in [5, 5.41) is -0.252. The van der Waals surface area contributed by atoms with Crippen molar-refractivity contribution in [3.63, 3.8) is 0 Å². The second-order valence-corrected chi connectivity index (χ2v) is 4.70. The minimum atomic E-state index is -2.75. The van der Waals surface area contributed by atoms with Gasteiger partial charge in [0.25, 0.3) is 0 Å². The second-order valence-electron chi connectivity index (χ2n) is 2.44. The summed E-state index contributed by atoms with van der Waals surface area (Å²) in [6.45, 7) is 1.85. The van der Waals surface area contributed by atoms with E-state index in [1.165, 1.54) is 0 Å². The van der Waals surface area contributed by atoms with Gasteiger partial charge < -0.3 is 5.73 Å². The predicted octanol–water partition coefficient (Wildman–Crippen LogP) is -0.479. The van der Waals surface area contributed by atoms with E-state index < -0.39 is 9.84 Å². The Hall–Kier alpha value is -0.0900. The number of rotatable bonds is 1. The lowest BCUT2D eigenvalue weighted by atomic mass is 10.2. The third-order valence-corrected chi connectivity index (χ3v) is 4.22. The number of nitrogens with two attached hydrogens (primary N) is 1. The van der Waals surface area contributed by atoms with Gasteiger partial charge in [-0.2, -0.15) is 0 Å². The molecule has 54 valence electrons. The van der Waals surface area contributed by atoms with Crippen molar-refractivity contribution in [1.82, 2.24) is 0 Å². The molecule has 0 spiro atoms. The van der Waals surface area contributed by atoms with Gasteiger partial charge in [-0.25, -0.2) is 8.42 Å². The Morgan fingerprint density at radius 3 is 2.33 bits per heavy atom. The lowest BCUT2D eigenvalue weighted by molar-refractivity contribution is 0.508. The van der Waals surface area contributed by atoms with E-state index in [4.69, 9.17) is 5.73 Å². The zero-order valence-electron chi connectivity index (χ0n) is 5.37. The second kappa shape index (κ2) is 1.95. The van der Waals surface area contributed by atoms with E-state index in [2.05, 4.69) is 0 Å². The zero-order chi connectivity index (χ0) is 7.07. The minimum absolute atomic E-state index is 0.0972. The van der Waals surface area contributed by atoms with E-state index in [1.54, 1.807) is 0 Å². The highest BCUT2D eigenvalue weighted by atomic mass is 32.2. The molecule has 1 rings (SSSR count). The molecule has 0 radical (unpaired) electrons. The molecule has 1 saturated heterocycles. The van der Waals surface area contributed by atoms with E-state index in [-0.39, 0.29) is 17.0 Å². The molecule has 1 aliphatic rings. The maximum Gasteiger partial charge on any atom is 0.156 e. The molecule has 0 aromatic rings. The van der Waals surface area contributed by atoms with Crippen LogP contribution in [0, 0.1) is 0 Å². The van der Waals surface area contributed by atoms with Gasteiger partial charge in [-0.05, 0) is 6.42 Å². The first-order valence-electron chi connectivity index (χ1n) is 3.05. The van der Waals surface area contributed by atoms with Crippen LogP contribution < -0.4 is 5.73 Å². The van der Waals surface area contributed by atoms with E-state index >= 15 is 0 Å². The molecule has 2 atom stereocenters. The first-order valence-corrected chi connectivity index (χ1v) is 4.76. The van der Waals surface area contributed by atoms with Crippen molar-refractivity contribution in [3.05, 3.63) is 0 Å². The van der Waals surface area contributed by atoms with Gasteiger partial charge in [0.2, 0.25) is 0 Å². The summed E-state index contributed by atoms with van der Waals surface area (Å²) in [6.07, 6.45) is 0.656. The molecule has 9 heavy (non-hydrogen) atoms. The highest BCUT2D eigenvalue weighted by Gasteiger charge is 2.41. The van der Waals surface area contributed by atoms with Gasteiger partial charge in [-0.15, -0.1) is 0 Å². The molecule has 0 aliphatic carbocycles. The summed E-state index contributed by atoms with van der Waals surface area (Å²) in [6, 6.07) is -0.0972. The quantitative estimate of drug-likeness (QED) is 0.548. The number of hydrogen-bond acceptors (Lipinski definition) is 3. The van der Waals surface area contributed by atoms with Crippen LogP contribution in [0.4, 0.5) is 0 Å². The molecule has 2 unspecified atom stereocenters. The SMILES string of the molecule is CCC1C(N)CS1(=O)=O. The van der Waals surface area contributed by atoms with Gasteiger partial charge in [0.1, 0.15) is 0 Å². The Morgan fingerprint density at radius 1 is 1.67 bits per heavy atom. The lowest BCUT2D eigenvalue weighted by Gasteiger charge is -2.32. The summed E-state index contributed by atoms with van der Waals surface area (Å²) in [7, 11) is -2.75. The van der Waals surface area contributed by atoms with E-state index in [0.29, 0.717) is 6.42 Å². The fourth-order valence-electron chi connectivity index (χ4n) is 1.20. The van der Waals surface area contributed by atoms with Crippen LogP contribution >= 0.6 is 0 Å². The minimum Gasteiger partial charge on any atom is -0.326 e. The van der Waals surface area contributed by atoms with Gasteiger partial charge in [-0.3, -0.25) is 0 Å². The zero-order valence-corrected chi connectivity index (χ0v) is 6.19. The molecule has 4 heteroatoms. The average Bonchev–Trinajstić information content (AvgIpc) is 1.63. The molecule has 0 saturated carbocycles. The molecule has 3 nitrogen and oxygen atoms in total. The molecule has 0 aromatic carbocycles. The Labute approximate surface area is 55.2 Å². The van der Waals surface area contributed by atoms with Crippen LogP contribution in [0.2, 0.25) is 0 Å². The fourth-order valence-corrected chi connectivity index (χ4v) is 2.99. The lowest BCUT2D eigenvalue weighted by Crippen LogP contribution is -2.56. The van der Waals surface area contributed by atoms with E-state index in [0.717, 1.165) is 0 Å². The molecule has 0 amide bonds. The Balaban J connectivity index is 2.70. The molecular formula is C5H11NO2S. The van der Waals surface area contributed by atoms with Crippen LogP contribution in [0.3, 0.4) is 0 Å². The van der Waals surface area contributed by atoms with Crippen LogP contribution in [0.25, 0.3) is 0 Å². The summed E-state index contributed by atoms with van der Waals surface area (Å²) in [5.41, 5.74) is 5.43. The topological polar surface area (TPSA) is 60.2 Å². The van der Waals surface area contributed by atoms with Gasteiger partial charge in [0.15, 0.2) is 9.84 Å². The molecule has 1 heterocycles. The van der Waals surface area contributed by atoms with Gasteiger partial charge in [0, 0.05) is 6.04 Å². The summed E-state index contributed by atoms with van der Waals surface area (Å²) >= 11 is 0. The molecular weight excluding hydrogens is 138 g/mol. The van der Waals surface area contributed by atoms with Crippen LogP contribution in [0.5, 0.6) is 0 Å². The molecule has 1 aliphatic heterocycles. The van der Waals surface area contributed by atoms with Gasteiger partial charge in [0.05, 0.1) is 11.0 Å². The van der Waals surface area contributed by atoms with Gasteiger partial charge in [-0.1, -0.05) is 6.92 Å². The predicted molar refractivity (Wildman–Crippen MR) is 35.8 cm³/mol. The normalized spacial score (nSPS) is 39.8. The van der Waals surface area contributed by atoms with Crippen LogP contribution in [0.15, 0.2) is 0 Å². The van der Waals surface area contributed by atoms with Crippen LogP contribution in [-0.2, 0) is 9.84 Å². The van der Waals surface area contributed by atoms with Gasteiger partial charge >= 0.3 is 0 Å². The summed E-state index contributed by atoms with van der Waals surface area (Å²) in [5.74, 6) is 0.186. The summed E-state index contributed by atoms with van der Waals surface area (Å²) in [4.78, 5) is 0. The van der Waals surface area contributed by atoms with Crippen molar-refractivity contribution in [2.45, 2.75) is 24.6 Å². The van der Waals surface area contributed by atoms with Crippen molar-refractivity contribution >= 4 is 9.84 Å². The number of sulfone groups is 1. The molecule has 1 fully saturated rings. The summed E-state index contributed by atoms with van der Waals surface area (Å²) < 4.78 is 21.6. The highest BCUT2D eigenvalue weighted by molar-refractivity contribution is 7.93. The molecule has 0 bridgehead atoms. The standard InChI is InChI=1S/C5H11NO2S/c1-2-5-4(6)3-9(5,7)8/h4-5H,2-3,6H2,1H3. The maximum atomic E-state index is 10.8. The first-order chi connectivity index (χ1) is 4.08. The van der Waals surface area contributed by atoms with Crippen molar-refractivity contribution in [3.8, 4) is 0 Å². The Bertz CT molecular complexity index is 197. The maximum absolute atomic E-state index is 10.8. The highest BCUT2D eigenvalue weighted by Crippen LogP contribution is 2.21. The van der Waals surface area contributed by atoms with Crippen LogP contribution in [0.1, 0.15) is 13.3 Å². The molecule has 2 N–H and O–H groups in total. The third kappa shape index (κ3) is 0.966. The smallest absolute Gasteiger partial charge is 0.156 e.